The monoisotopic (exact) mass is 398 g/mol. The van der Waals surface area contributed by atoms with Crippen molar-refractivity contribution in [3.05, 3.63) is 70.9 Å². The Morgan fingerprint density at radius 2 is 1.86 bits per heavy atom. The Morgan fingerprint density at radius 1 is 1.11 bits per heavy atom. The number of nitrogens with one attached hydrogen (secondary N) is 2. The molecule has 0 spiro atoms. The summed E-state index contributed by atoms with van der Waals surface area (Å²) in [7, 11) is 2.94. The lowest BCUT2D eigenvalue weighted by molar-refractivity contribution is -0.136. The van der Waals surface area contributed by atoms with Crippen molar-refractivity contribution in [2.45, 2.75) is 19.6 Å². The third-order valence-electron chi connectivity index (χ3n) is 4.43. The van der Waals surface area contributed by atoms with Crippen LogP contribution in [0.5, 0.6) is 11.5 Å². The van der Waals surface area contributed by atoms with Crippen LogP contribution in [0.1, 0.15) is 24.1 Å². The summed E-state index contributed by atoms with van der Waals surface area (Å²) >= 11 is 5.25. The van der Waals surface area contributed by atoms with E-state index < -0.39 is 12.0 Å². The largest absolute Gasteiger partial charge is 0.493 e. The zero-order valence-electron chi connectivity index (χ0n) is 15.9. The van der Waals surface area contributed by atoms with Crippen LogP contribution in [0.3, 0.4) is 0 Å². The number of allylic oxidation sites excluding steroid dienone is 1. The lowest BCUT2D eigenvalue weighted by Gasteiger charge is -2.30. The highest BCUT2D eigenvalue weighted by molar-refractivity contribution is 7.80. The van der Waals surface area contributed by atoms with Crippen LogP contribution >= 0.6 is 12.2 Å². The average Bonchev–Trinajstić information content (AvgIpc) is 2.71. The van der Waals surface area contributed by atoms with Crippen molar-refractivity contribution in [3.63, 3.8) is 0 Å². The molecule has 1 atom stereocenters. The van der Waals surface area contributed by atoms with Crippen molar-refractivity contribution in [1.29, 1.82) is 0 Å². The molecule has 0 aliphatic carbocycles. The summed E-state index contributed by atoms with van der Waals surface area (Å²) in [4.78, 5) is 12.3. The molecule has 28 heavy (non-hydrogen) atoms. The average molecular weight is 398 g/mol. The van der Waals surface area contributed by atoms with Gasteiger partial charge in [0.2, 0.25) is 0 Å². The van der Waals surface area contributed by atoms with Gasteiger partial charge in [-0.25, -0.2) is 4.79 Å². The van der Waals surface area contributed by atoms with Gasteiger partial charge < -0.3 is 24.8 Å². The number of hydrogen-bond acceptors (Lipinski definition) is 5. The quantitative estimate of drug-likeness (QED) is 0.572. The van der Waals surface area contributed by atoms with E-state index in [1.807, 2.05) is 48.5 Å². The molecule has 146 valence electrons. The first-order chi connectivity index (χ1) is 13.5. The molecule has 1 aliphatic heterocycles. The Bertz CT molecular complexity index is 912. The van der Waals surface area contributed by atoms with Crippen LogP contribution in [0.15, 0.2) is 59.8 Å². The predicted octanol–water partition coefficient (Wildman–Crippen LogP) is 3.24. The maximum absolute atomic E-state index is 12.3. The van der Waals surface area contributed by atoms with Gasteiger partial charge in [0, 0.05) is 5.70 Å². The number of benzene rings is 2. The Balaban J connectivity index is 1.88. The summed E-state index contributed by atoms with van der Waals surface area (Å²) in [6, 6.07) is 15.0. The number of rotatable bonds is 6. The second-order valence-electron chi connectivity index (χ2n) is 6.25. The van der Waals surface area contributed by atoms with Gasteiger partial charge in [-0.05, 0) is 42.4 Å². The smallest absolute Gasteiger partial charge is 0.337 e. The summed E-state index contributed by atoms with van der Waals surface area (Å²) in [5.41, 5.74) is 3.00. The maximum atomic E-state index is 12.3. The number of carbonyl (C=O) groups excluding carboxylic acids is 1. The molecule has 1 unspecified atom stereocenters. The Kier molecular flexibility index (Phi) is 6.16. The molecule has 3 rings (SSSR count). The van der Waals surface area contributed by atoms with Gasteiger partial charge in [0.25, 0.3) is 0 Å². The van der Waals surface area contributed by atoms with Crippen molar-refractivity contribution in [1.82, 2.24) is 10.6 Å². The molecule has 2 N–H and O–H groups in total. The molecule has 0 radical (unpaired) electrons. The van der Waals surface area contributed by atoms with Gasteiger partial charge in [0.1, 0.15) is 6.61 Å². The van der Waals surface area contributed by atoms with E-state index in [1.54, 1.807) is 14.0 Å². The Morgan fingerprint density at radius 3 is 2.54 bits per heavy atom. The first-order valence-electron chi connectivity index (χ1n) is 8.74. The van der Waals surface area contributed by atoms with Crippen LogP contribution in [0.2, 0.25) is 0 Å². The number of hydrogen-bond donors (Lipinski definition) is 2. The minimum absolute atomic E-state index is 0.423. The fourth-order valence-electron chi connectivity index (χ4n) is 3.04. The first kappa shape index (κ1) is 19.7. The van der Waals surface area contributed by atoms with Crippen LogP contribution in [0.4, 0.5) is 0 Å². The van der Waals surface area contributed by atoms with E-state index in [2.05, 4.69) is 10.6 Å². The van der Waals surface area contributed by atoms with Gasteiger partial charge in [-0.15, -0.1) is 0 Å². The summed E-state index contributed by atoms with van der Waals surface area (Å²) < 4.78 is 16.4. The summed E-state index contributed by atoms with van der Waals surface area (Å²) in [5.74, 6) is 0.766. The fourth-order valence-corrected chi connectivity index (χ4v) is 3.31. The second kappa shape index (κ2) is 8.75. The van der Waals surface area contributed by atoms with E-state index >= 15 is 0 Å². The van der Waals surface area contributed by atoms with E-state index in [9.17, 15) is 4.79 Å². The molecule has 0 aromatic heterocycles. The highest BCUT2D eigenvalue weighted by Crippen LogP contribution is 2.34. The Hall–Kier alpha value is -3.06. The SMILES string of the molecule is COC(=O)C1=C(C)NC(=S)NC1c1ccc(OCc2ccccc2)c(OC)c1. The molecule has 2 aromatic rings. The highest BCUT2D eigenvalue weighted by atomic mass is 32.1. The molecule has 7 heteroatoms. The van der Waals surface area contributed by atoms with Gasteiger partial charge in [0.05, 0.1) is 25.8 Å². The van der Waals surface area contributed by atoms with Gasteiger partial charge in [-0.1, -0.05) is 36.4 Å². The number of esters is 1. The summed E-state index contributed by atoms with van der Waals surface area (Å²) in [6.45, 7) is 2.22. The minimum Gasteiger partial charge on any atom is -0.493 e. The molecule has 2 aromatic carbocycles. The normalized spacial score (nSPS) is 16.1. The first-order valence-corrected chi connectivity index (χ1v) is 9.15. The van der Waals surface area contributed by atoms with Crippen LogP contribution in [0, 0.1) is 0 Å². The lowest BCUT2D eigenvalue weighted by atomic mass is 9.95. The van der Waals surface area contributed by atoms with Crippen molar-refractivity contribution >= 4 is 23.3 Å². The standard InChI is InChI=1S/C21H22N2O4S/c1-13-18(20(24)26-3)19(23-21(28)22-13)15-9-10-16(17(11-15)25-2)27-12-14-7-5-4-6-8-14/h4-11,19H,12H2,1-3H3,(H2,22,23,28). The van der Waals surface area contributed by atoms with Crippen molar-refractivity contribution in [2.75, 3.05) is 14.2 Å². The van der Waals surface area contributed by atoms with E-state index in [-0.39, 0.29) is 0 Å². The molecule has 1 aliphatic rings. The van der Waals surface area contributed by atoms with Crippen molar-refractivity contribution < 1.29 is 19.0 Å². The number of ether oxygens (including phenoxy) is 3. The molecule has 0 saturated carbocycles. The van der Waals surface area contributed by atoms with E-state index in [0.717, 1.165) is 11.1 Å². The maximum Gasteiger partial charge on any atom is 0.337 e. The number of methoxy groups -OCH3 is 2. The van der Waals surface area contributed by atoms with Crippen LogP contribution < -0.4 is 20.1 Å². The summed E-state index contributed by atoms with van der Waals surface area (Å²) in [5, 5.41) is 6.53. The molecule has 1 heterocycles. The number of thiocarbonyl (C=S) groups is 1. The third-order valence-corrected chi connectivity index (χ3v) is 4.65. The van der Waals surface area contributed by atoms with Gasteiger partial charge in [-0.2, -0.15) is 0 Å². The zero-order valence-corrected chi connectivity index (χ0v) is 16.8. The molecular formula is C21H22N2O4S. The highest BCUT2D eigenvalue weighted by Gasteiger charge is 2.31. The van der Waals surface area contributed by atoms with E-state index in [1.165, 1.54) is 7.11 Å². The summed E-state index contributed by atoms with van der Waals surface area (Å²) in [6.07, 6.45) is 0. The number of carbonyl (C=O) groups is 1. The van der Waals surface area contributed by atoms with Gasteiger partial charge >= 0.3 is 5.97 Å². The third kappa shape index (κ3) is 4.26. The zero-order chi connectivity index (χ0) is 20.1. The molecular weight excluding hydrogens is 376 g/mol. The van der Waals surface area contributed by atoms with Crippen molar-refractivity contribution in [3.8, 4) is 11.5 Å². The lowest BCUT2D eigenvalue weighted by Crippen LogP contribution is -2.45. The topological polar surface area (TPSA) is 68.8 Å². The molecule has 6 nitrogen and oxygen atoms in total. The fraction of sp³-hybridized carbons (Fsp3) is 0.238. The van der Waals surface area contributed by atoms with Gasteiger partial charge in [-0.3, -0.25) is 0 Å². The van der Waals surface area contributed by atoms with E-state index in [0.29, 0.717) is 34.5 Å². The molecule has 0 fully saturated rings. The molecule has 0 bridgehead atoms. The van der Waals surface area contributed by atoms with Crippen LogP contribution in [0.25, 0.3) is 0 Å². The van der Waals surface area contributed by atoms with E-state index in [4.69, 9.17) is 26.4 Å². The van der Waals surface area contributed by atoms with Gasteiger partial charge in [0.15, 0.2) is 16.6 Å². The van der Waals surface area contributed by atoms with Crippen LogP contribution in [-0.2, 0) is 16.1 Å². The Labute approximate surface area is 169 Å². The molecule has 0 saturated heterocycles. The van der Waals surface area contributed by atoms with Crippen molar-refractivity contribution in [2.24, 2.45) is 0 Å². The predicted molar refractivity (Wildman–Crippen MR) is 110 cm³/mol. The second-order valence-corrected chi connectivity index (χ2v) is 6.65. The van der Waals surface area contributed by atoms with Crippen LogP contribution in [-0.4, -0.2) is 25.3 Å². The molecule has 0 amide bonds. The minimum atomic E-state index is -0.446.